The first kappa shape index (κ1) is 8.33. The van der Waals surface area contributed by atoms with Gasteiger partial charge in [0.15, 0.2) is 11.6 Å². The first-order valence-corrected chi connectivity index (χ1v) is 4.08. The van der Waals surface area contributed by atoms with Gasteiger partial charge in [0, 0.05) is 0 Å². The fourth-order valence-corrected chi connectivity index (χ4v) is 1.04. The van der Waals surface area contributed by atoms with E-state index in [4.69, 9.17) is 10.5 Å². The second-order valence-electron chi connectivity index (χ2n) is 1.95. The van der Waals surface area contributed by atoms with Crippen LogP contribution in [-0.2, 0) is 0 Å². The molecule has 11 heavy (non-hydrogen) atoms. The van der Waals surface area contributed by atoms with Crippen molar-refractivity contribution in [2.45, 2.75) is 6.92 Å². The highest BCUT2D eigenvalue weighted by molar-refractivity contribution is 9.10. The van der Waals surface area contributed by atoms with E-state index in [2.05, 4.69) is 20.9 Å². The van der Waals surface area contributed by atoms with Gasteiger partial charge in [-0.05, 0) is 35.0 Å². The number of nitrogens with zero attached hydrogens (tertiary/aromatic N) is 1. The molecule has 0 aliphatic rings. The number of hydrogen-bond acceptors (Lipinski definition) is 3. The second kappa shape index (κ2) is 3.57. The first-order chi connectivity index (χ1) is 5.24. The van der Waals surface area contributed by atoms with Crippen LogP contribution in [0.25, 0.3) is 0 Å². The molecule has 0 amide bonds. The van der Waals surface area contributed by atoms with Crippen LogP contribution in [0.3, 0.4) is 0 Å². The summed E-state index contributed by atoms with van der Waals surface area (Å²) < 4.78 is 5.90. The summed E-state index contributed by atoms with van der Waals surface area (Å²) in [4.78, 5) is 3.96. The van der Waals surface area contributed by atoms with Crippen LogP contribution in [0.1, 0.15) is 6.92 Å². The molecular formula is C7H9BrN2O. The Morgan fingerprint density at radius 3 is 2.91 bits per heavy atom. The van der Waals surface area contributed by atoms with Gasteiger partial charge in [0.2, 0.25) is 0 Å². The normalized spacial score (nSPS) is 9.64. The Hall–Kier alpha value is -0.770. The lowest BCUT2D eigenvalue weighted by molar-refractivity contribution is 0.341. The van der Waals surface area contributed by atoms with Crippen LogP contribution in [0.15, 0.2) is 16.7 Å². The van der Waals surface area contributed by atoms with Crippen molar-refractivity contribution in [1.29, 1.82) is 0 Å². The Kier molecular flexibility index (Phi) is 2.70. The summed E-state index contributed by atoms with van der Waals surface area (Å²) in [6.07, 6.45) is 0. The third-order valence-corrected chi connectivity index (χ3v) is 1.59. The highest BCUT2D eigenvalue weighted by atomic mass is 79.9. The summed E-state index contributed by atoms with van der Waals surface area (Å²) in [5.74, 6) is 1.05. The molecule has 0 radical (unpaired) electrons. The van der Waals surface area contributed by atoms with E-state index in [1.54, 1.807) is 12.1 Å². The van der Waals surface area contributed by atoms with E-state index < -0.39 is 0 Å². The molecule has 1 rings (SSSR count). The van der Waals surface area contributed by atoms with Crippen LogP contribution < -0.4 is 10.5 Å². The van der Waals surface area contributed by atoms with E-state index >= 15 is 0 Å². The van der Waals surface area contributed by atoms with Gasteiger partial charge in [-0.3, -0.25) is 0 Å². The molecule has 0 saturated heterocycles. The zero-order valence-corrected chi connectivity index (χ0v) is 7.76. The average Bonchev–Trinajstić information content (AvgIpc) is 1.95. The lowest BCUT2D eigenvalue weighted by atomic mass is 10.4. The Labute approximate surface area is 73.7 Å². The van der Waals surface area contributed by atoms with Gasteiger partial charge in [-0.25, -0.2) is 4.98 Å². The van der Waals surface area contributed by atoms with Crippen molar-refractivity contribution in [2.75, 3.05) is 12.3 Å². The van der Waals surface area contributed by atoms with Crippen LogP contribution in [0.4, 0.5) is 5.82 Å². The largest absolute Gasteiger partial charge is 0.490 e. The monoisotopic (exact) mass is 216 g/mol. The zero-order chi connectivity index (χ0) is 8.27. The summed E-state index contributed by atoms with van der Waals surface area (Å²) in [7, 11) is 0. The third kappa shape index (κ3) is 2.08. The van der Waals surface area contributed by atoms with Crippen molar-refractivity contribution < 1.29 is 4.74 Å². The minimum Gasteiger partial charge on any atom is -0.490 e. The van der Waals surface area contributed by atoms with Crippen molar-refractivity contribution in [2.24, 2.45) is 0 Å². The maximum absolute atomic E-state index is 5.54. The van der Waals surface area contributed by atoms with E-state index in [1.165, 1.54) is 0 Å². The molecule has 1 aromatic heterocycles. The lowest BCUT2D eigenvalue weighted by Crippen LogP contribution is -1.98. The molecule has 3 nitrogen and oxygen atoms in total. The maximum Gasteiger partial charge on any atom is 0.167 e. The molecular weight excluding hydrogens is 208 g/mol. The van der Waals surface area contributed by atoms with Gasteiger partial charge in [0.05, 0.1) is 6.61 Å². The van der Waals surface area contributed by atoms with Crippen LogP contribution in [0.5, 0.6) is 5.75 Å². The lowest BCUT2D eigenvalue weighted by Gasteiger charge is -2.04. The zero-order valence-electron chi connectivity index (χ0n) is 6.17. The standard InChI is InChI=1S/C7H9BrN2O/c1-2-11-5-3-4-6(8)10-7(5)9/h3-4H,2H2,1H3,(H2,9,10). The van der Waals surface area contributed by atoms with E-state index in [-0.39, 0.29) is 0 Å². The fourth-order valence-electron chi connectivity index (χ4n) is 0.715. The second-order valence-corrected chi connectivity index (χ2v) is 2.76. The Morgan fingerprint density at radius 2 is 2.36 bits per heavy atom. The number of rotatable bonds is 2. The van der Waals surface area contributed by atoms with Crippen LogP contribution in [0, 0.1) is 0 Å². The fraction of sp³-hybridized carbons (Fsp3) is 0.286. The van der Waals surface area contributed by atoms with E-state index in [9.17, 15) is 0 Å². The number of ether oxygens (including phenoxy) is 1. The topological polar surface area (TPSA) is 48.1 Å². The van der Waals surface area contributed by atoms with Crippen LogP contribution >= 0.6 is 15.9 Å². The SMILES string of the molecule is CCOc1ccc(Br)nc1N. The van der Waals surface area contributed by atoms with Crippen LogP contribution in [0.2, 0.25) is 0 Å². The molecule has 0 saturated carbocycles. The van der Waals surface area contributed by atoms with Gasteiger partial charge < -0.3 is 10.5 Å². The molecule has 1 aromatic rings. The quantitative estimate of drug-likeness (QED) is 0.768. The number of aromatic nitrogens is 1. The van der Waals surface area contributed by atoms with E-state index in [1.807, 2.05) is 6.92 Å². The number of anilines is 1. The molecule has 0 atom stereocenters. The van der Waals surface area contributed by atoms with Crippen molar-refractivity contribution in [3.63, 3.8) is 0 Å². The molecule has 0 aromatic carbocycles. The van der Waals surface area contributed by atoms with Crippen molar-refractivity contribution >= 4 is 21.7 Å². The molecule has 0 spiro atoms. The highest BCUT2D eigenvalue weighted by Crippen LogP contribution is 2.20. The van der Waals surface area contributed by atoms with Gasteiger partial charge >= 0.3 is 0 Å². The molecule has 0 bridgehead atoms. The van der Waals surface area contributed by atoms with Gasteiger partial charge in [-0.15, -0.1) is 0 Å². The Morgan fingerprint density at radius 1 is 1.64 bits per heavy atom. The summed E-state index contributed by atoms with van der Waals surface area (Å²) in [6, 6.07) is 3.58. The van der Waals surface area contributed by atoms with Gasteiger partial charge in [-0.1, -0.05) is 0 Å². The average molecular weight is 217 g/mol. The van der Waals surface area contributed by atoms with E-state index in [0.717, 1.165) is 4.60 Å². The molecule has 2 N–H and O–H groups in total. The van der Waals surface area contributed by atoms with Crippen LogP contribution in [-0.4, -0.2) is 11.6 Å². The molecule has 60 valence electrons. The smallest absolute Gasteiger partial charge is 0.167 e. The third-order valence-electron chi connectivity index (χ3n) is 1.15. The highest BCUT2D eigenvalue weighted by Gasteiger charge is 1.99. The van der Waals surface area contributed by atoms with E-state index in [0.29, 0.717) is 18.2 Å². The van der Waals surface area contributed by atoms with Crippen molar-refractivity contribution in [3.05, 3.63) is 16.7 Å². The number of halogens is 1. The molecule has 1 heterocycles. The maximum atomic E-state index is 5.54. The predicted molar refractivity (Wildman–Crippen MR) is 47.5 cm³/mol. The van der Waals surface area contributed by atoms with Gasteiger partial charge in [0.1, 0.15) is 4.60 Å². The number of pyridine rings is 1. The molecule has 0 unspecified atom stereocenters. The number of nitrogens with two attached hydrogens (primary N) is 1. The number of nitrogen functional groups attached to an aromatic ring is 1. The molecule has 0 aliphatic carbocycles. The summed E-state index contributed by atoms with van der Waals surface area (Å²) in [6.45, 7) is 2.51. The van der Waals surface area contributed by atoms with Gasteiger partial charge in [-0.2, -0.15) is 0 Å². The van der Waals surface area contributed by atoms with Gasteiger partial charge in [0.25, 0.3) is 0 Å². The van der Waals surface area contributed by atoms with Crippen molar-refractivity contribution in [1.82, 2.24) is 4.98 Å². The molecule has 0 aliphatic heterocycles. The predicted octanol–water partition coefficient (Wildman–Crippen LogP) is 1.82. The minimum atomic E-state index is 0.418. The minimum absolute atomic E-state index is 0.418. The molecule has 4 heteroatoms. The summed E-state index contributed by atoms with van der Waals surface area (Å²) in [5.41, 5.74) is 5.54. The number of hydrogen-bond donors (Lipinski definition) is 1. The summed E-state index contributed by atoms with van der Waals surface area (Å²) >= 11 is 3.20. The van der Waals surface area contributed by atoms with Crippen molar-refractivity contribution in [3.8, 4) is 5.75 Å². The molecule has 0 fully saturated rings. The Balaban J connectivity index is 2.90. The Bertz CT molecular complexity index is 252. The summed E-state index contributed by atoms with van der Waals surface area (Å²) in [5, 5.41) is 0. The first-order valence-electron chi connectivity index (χ1n) is 3.29.